The summed E-state index contributed by atoms with van der Waals surface area (Å²) in [7, 11) is 0. The van der Waals surface area contributed by atoms with Gasteiger partial charge in [-0.2, -0.15) is 0 Å². The molecule has 0 fully saturated rings. The van der Waals surface area contributed by atoms with Crippen molar-refractivity contribution in [3.63, 3.8) is 0 Å². The quantitative estimate of drug-likeness (QED) is 0.0648. The van der Waals surface area contributed by atoms with Crippen LogP contribution in [0.4, 0.5) is 0 Å². The monoisotopic (exact) mass is 526 g/mol. The zero-order valence-corrected chi connectivity index (χ0v) is 24.1. The Hall–Kier alpha value is -1.89. The molecule has 0 aliphatic heterocycles. The highest BCUT2D eigenvalue weighted by Gasteiger charge is 2.56. The second kappa shape index (κ2) is 21.1. The average molecular weight is 527 g/mol. The Morgan fingerprint density at radius 1 is 0.541 bits per heavy atom. The molecule has 37 heavy (non-hydrogen) atoms. The number of rotatable bonds is 25. The second-order valence-electron chi connectivity index (χ2n) is 10.5. The van der Waals surface area contributed by atoms with Crippen LogP contribution in [0.3, 0.4) is 0 Å². The maximum atomic E-state index is 12.5. The van der Waals surface area contributed by atoms with Crippen LogP contribution in [0.5, 0.6) is 0 Å². The summed E-state index contributed by atoms with van der Waals surface area (Å²) in [4.78, 5) is 37.6. The molecule has 3 atom stereocenters. The van der Waals surface area contributed by atoms with Crippen LogP contribution in [0.25, 0.3) is 0 Å². The highest BCUT2D eigenvalue weighted by atomic mass is 16.4. The van der Waals surface area contributed by atoms with E-state index in [1.54, 1.807) is 0 Å². The molecular formula is C30H56NO6+. The lowest BCUT2D eigenvalue weighted by Crippen LogP contribution is -2.72. The maximum Gasteiger partial charge on any atom is 0.362 e. The van der Waals surface area contributed by atoms with E-state index in [2.05, 4.69) is 19.1 Å². The summed E-state index contributed by atoms with van der Waals surface area (Å²) in [6, 6.07) is -3.16. The van der Waals surface area contributed by atoms with Crippen molar-refractivity contribution < 1.29 is 34.2 Å². The van der Waals surface area contributed by atoms with Gasteiger partial charge in [-0.3, -0.25) is 4.48 Å². The maximum absolute atomic E-state index is 12.5. The standard InChI is InChI=1S/C30H55NO6/c1-5-9-10-11-12-13-14-15-16-17-18-19-20-24-31(25(21-6-2)28(32)33,26(22-7-3)29(34)35)27(23-8-4)30(36)37/h15-16,25-27H,5-14,17-24H2,1-4H3,(H2-,32,33,34,35,36,37)/p+1/b16-15+. The number of quaternary nitrogens is 1. The first-order valence-electron chi connectivity index (χ1n) is 14.9. The highest BCUT2D eigenvalue weighted by molar-refractivity contribution is 5.78. The van der Waals surface area contributed by atoms with Crippen molar-refractivity contribution in [1.82, 2.24) is 0 Å². The first-order chi connectivity index (χ1) is 17.7. The van der Waals surface area contributed by atoms with E-state index in [0.717, 1.165) is 25.7 Å². The Labute approximate surface area is 225 Å². The summed E-state index contributed by atoms with van der Waals surface area (Å²) in [5.74, 6) is -3.28. The van der Waals surface area contributed by atoms with Gasteiger partial charge in [0.05, 0.1) is 6.54 Å². The van der Waals surface area contributed by atoms with Gasteiger partial charge >= 0.3 is 17.9 Å². The lowest BCUT2D eigenvalue weighted by atomic mass is 9.91. The molecule has 0 heterocycles. The van der Waals surface area contributed by atoms with Gasteiger partial charge in [-0.1, -0.05) is 72.0 Å². The molecule has 0 spiro atoms. The van der Waals surface area contributed by atoms with Gasteiger partial charge in [-0.05, 0) is 57.8 Å². The Kier molecular flexibility index (Phi) is 20.0. The van der Waals surface area contributed by atoms with E-state index in [1.165, 1.54) is 38.5 Å². The molecule has 0 saturated carbocycles. The van der Waals surface area contributed by atoms with Crippen molar-refractivity contribution in [3.8, 4) is 0 Å². The summed E-state index contributed by atoms with van der Waals surface area (Å²) in [6.07, 6.45) is 19.0. The molecule has 0 aliphatic rings. The van der Waals surface area contributed by atoms with Crippen molar-refractivity contribution in [3.05, 3.63) is 12.2 Å². The third kappa shape index (κ3) is 12.5. The Balaban J connectivity index is 5.52. The van der Waals surface area contributed by atoms with Gasteiger partial charge in [-0.15, -0.1) is 0 Å². The lowest BCUT2D eigenvalue weighted by Gasteiger charge is -2.50. The number of hydrogen-bond acceptors (Lipinski definition) is 3. The zero-order valence-electron chi connectivity index (χ0n) is 24.1. The number of unbranched alkanes of at least 4 members (excludes halogenated alkanes) is 9. The second-order valence-corrected chi connectivity index (χ2v) is 10.5. The highest BCUT2D eigenvalue weighted by Crippen LogP contribution is 2.34. The van der Waals surface area contributed by atoms with Crippen molar-refractivity contribution in [2.75, 3.05) is 6.54 Å². The van der Waals surface area contributed by atoms with Crippen LogP contribution in [0, 0.1) is 0 Å². The van der Waals surface area contributed by atoms with Gasteiger partial charge in [-0.25, -0.2) is 14.4 Å². The van der Waals surface area contributed by atoms with E-state index in [0.29, 0.717) is 25.7 Å². The van der Waals surface area contributed by atoms with Crippen LogP contribution in [0.2, 0.25) is 0 Å². The van der Waals surface area contributed by atoms with Crippen LogP contribution in [-0.4, -0.2) is 62.4 Å². The molecule has 0 radical (unpaired) electrons. The summed E-state index contributed by atoms with van der Waals surface area (Å²) < 4.78 is -0.386. The molecule has 7 heteroatoms. The molecule has 0 rings (SSSR count). The fourth-order valence-electron chi connectivity index (χ4n) is 5.75. The summed E-state index contributed by atoms with van der Waals surface area (Å²) in [5.41, 5.74) is 0. The molecule has 0 aliphatic carbocycles. The molecule has 7 nitrogen and oxygen atoms in total. The van der Waals surface area contributed by atoms with Gasteiger partial charge < -0.3 is 15.3 Å². The van der Waals surface area contributed by atoms with Crippen molar-refractivity contribution >= 4 is 17.9 Å². The number of nitrogens with zero attached hydrogens (tertiary/aromatic N) is 1. The molecule has 0 amide bonds. The minimum atomic E-state index is -1.09. The van der Waals surface area contributed by atoms with Gasteiger partial charge in [0.25, 0.3) is 0 Å². The summed E-state index contributed by atoms with van der Waals surface area (Å²) in [6.45, 7) is 8.09. The molecule has 0 aromatic carbocycles. The van der Waals surface area contributed by atoms with Gasteiger partial charge in [0.15, 0.2) is 18.1 Å². The predicted octanol–water partition coefficient (Wildman–Crippen LogP) is 7.43. The van der Waals surface area contributed by atoms with Gasteiger partial charge in [0.1, 0.15) is 0 Å². The molecule has 0 bridgehead atoms. The normalized spacial score (nSPS) is 15.8. The SMILES string of the molecule is CCCCCCCC/C=C/CCCCC[N+](C(CCC)C(=O)O)(C(CCC)C(=O)O)C(CCC)C(=O)O. The van der Waals surface area contributed by atoms with E-state index < -0.39 is 36.0 Å². The topological polar surface area (TPSA) is 112 Å². The zero-order chi connectivity index (χ0) is 28.1. The Bertz CT molecular complexity index is 603. The van der Waals surface area contributed by atoms with Crippen LogP contribution < -0.4 is 0 Å². The van der Waals surface area contributed by atoms with Crippen LogP contribution >= 0.6 is 0 Å². The van der Waals surface area contributed by atoms with E-state index in [-0.39, 0.29) is 30.3 Å². The third-order valence-electron chi connectivity index (χ3n) is 7.59. The smallest absolute Gasteiger partial charge is 0.362 e. The van der Waals surface area contributed by atoms with E-state index in [9.17, 15) is 29.7 Å². The number of carbonyl (C=O) groups is 3. The van der Waals surface area contributed by atoms with Crippen molar-refractivity contribution in [1.29, 1.82) is 0 Å². The van der Waals surface area contributed by atoms with Crippen molar-refractivity contribution in [2.45, 2.75) is 155 Å². The molecule has 0 aromatic rings. The molecule has 216 valence electrons. The summed E-state index contributed by atoms with van der Waals surface area (Å²) >= 11 is 0. The van der Waals surface area contributed by atoms with Crippen LogP contribution in [0.1, 0.15) is 137 Å². The summed E-state index contributed by atoms with van der Waals surface area (Å²) in [5, 5.41) is 30.7. The third-order valence-corrected chi connectivity index (χ3v) is 7.59. The molecule has 0 aromatic heterocycles. The number of hydrogen-bond donors (Lipinski definition) is 3. The molecule has 0 saturated heterocycles. The minimum absolute atomic E-state index is 0.256. The van der Waals surface area contributed by atoms with Gasteiger partial charge in [0.2, 0.25) is 0 Å². The molecular weight excluding hydrogens is 470 g/mol. The molecule has 3 unspecified atom stereocenters. The predicted molar refractivity (Wildman–Crippen MR) is 150 cm³/mol. The number of aliphatic carboxylic acids is 3. The first kappa shape index (κ1) is 35.1. The Morgan fingerprint density at radius 3 is 1.24 bits per heavy atom. The van der Waals surface area contributed by atoms with Gasteiger partial charge in [0, 0.05) is 19.3 Å². The first-order valence-corrected chi connectivity index (χ1v) is 14.9. The van der Waals surface area contributed by atoms with Crippen LogP contribution in [-0.2, 0) is 14.4 Å². The lowest BCUT2D eigenvalue weighted by molar-refractivity contribution is -0.973. The fourth-order valence-corrected chi connectivity index (χ4v) is 5.75. The number of carboxylic acids is 3. The number of carboxylic acid groups (broad SMARTS) is 3. The fraction of sp³-hybridized carbons (Fsp3) is 0.833. The minimum Gasteiger partial charge on any atom is -0.477 e. The average Bonchev–Trinajstić information content (AvgIpc) is 2.85. The van der Waals surface area contributed by atoms with E-state index in [4.69, 9.17) is 0 Å². The largest absolute Gasteiger partial charge is 0.477 e. The van der Waals surface area contributed by atoms with Crippen LogP contribution in [0.15, 0.2) is 12.2 Å². The van der Waals surface area contributed by atoms with E-state index >= 15 is 0 Å². The number of allylic oxidation sites excluding steroid dienone is 2. The van der Waals surface area contributed by atoms with E-state index in [1.807, 2.05) is 20.8 Å². The van der Waals surface area contributed by atoms with Crippen molar-refractivity contribution in [2.24, 2.45) is 0 Å². The Morgan fingerprint density at radius 2 is 0.892 bits per heavy atom. The molecule has 3 N–H and O–H groups in total.